The highest BCUT2D eigenvalue weighted by atomic mass is 19.4. The third-order valence-electron chi connectivity index (χ3n) is 2.74. The van der Waals surface area contributed by atoms with Gasteiger partial charge in [-0.1, -0.05) is 0 Å². The van der Waals surface area contributed by atoms with Gasteiger partial charge in [0.2, 0.25) is 0 Å². The van der Waals surface area contributed by atoms with Crippen LogP contribution >= 0.6 is 0 Å². The van der Waals surface area contributed by atoms with Crippen LogP contribution < -0.4 is 0 Å². The van der Waals surface area contributed by atoms with Crippen LogP contribution in [0.5, 0.6) is 0 Å². The second kappa shape index (κ2) is 4.89. The van der Waals surface area contributed by atoms with Crippen LogP contribution in [0.4, 0.5) is 13.2 Å². The van der Waals surface area contributed by atoms with Crippen molar-refractivity contribution in [2.24, 2.45) is 0 Å². The summed E-state index contributed by atoms with van der Waals surface area (Å²) < 4.78 is 52.4. The molecule has 112 valence electrons. The molecule has 0 spiro atoms. The van der Waals surface area contributed by atoms with Crippen LogP contribution in [0.25, 0.3) is 0 Å². The minimum atomic E-state index is -5.42. The molecule has 0 amide bonds. The fraction of sp³-hybridized carbons (Fsp3) is 0.900. The molecule has 2 N–H and O–H groups in total. The van der Waals surface area contributed by atoms with Crippen molar-refractivity contribution in [1.82, 2.24) is 0 Å². The number of esters is 1. The Morgan fingerprint density at radius 3 is 2.32 bits per heavy atom. The van der Waals surface area contributed by atoms with Crippen molar-refractivity contribution in [3.8, 4) is 0 Å². The first-order valence-electron chi connectivity index (χ1n) is 5.33. The fourth-order valence-corrected chi connectivity index (χ4v) is 1.70. The summed E-state index contributed by atoms with van der Waals surface area (Å²) in [6, 6.07) is 0. The Morgan fingerprint density at radius 1 is 1.47 bits per heavy atom. The fourth-order valence-electron chi connectivity index (χ4n) is 1.70. The average Bonchev–Trinajstić information content (AvgIpc) is 2.64. The Balaban J connectivity index is 3.04. The first-order valence-corrected chi connectivity index (χ1v) is 5.33. The summed E-state index contributed by atoms with van der Waals surface area (Å²) in [7, 11) is 0.668. The molecule has 0 aromatic rings. The first-order chi connectivity index (χ1) is 8.45. The van der Waals surface area contributed by atoms with E-state index in [1.54, 1.807) is 0 Å². The first kappa shape index (κ1) is 16.2. The second-order valence-corrected chi connectivity index (χ2v) is 4.57. The summed E-state index contributed by atoms with van der Waals surface area (Å²) in [4.78, 5) is 11.2. The molecule has 1 aliphatic rings. The zero-order valence-corrected chi connectivity index (χ0v) is 10.5. The Hall–Kier alpha value is -0.900. The summed E-state index contributed by atoms with van der Waals surface area (Å²) in [5, 5.41) is 19.2. The minimum Gasteiger partial charge on any atom is -0.467 e. The normalized spacial score (nSPS) is 27.7. The van der Waals surface area contributed by atoms with Crippen molar-refractivity contribution >= 4 is 5.97 Å². The summed E-state index contributed by atoms with van der Waals surface area (Å²) in [6.45, 7) is 2.44. The van der Waals surface area contributed by atoms with Crippen LogP contribution in [0.15, 0.2) is 0 Å². The molecule has 6 nitrogen and oxygen atoms in total. The largest absolute Gasteiger partial charge is 0.467 e. The van der Waals surface area contributed by atoms with E-state index in [0.717, 1.165) is 0 Å². The van der Waals surface area contributed by atoms with E-state index < -0.39 is 42.3 Å². The van der Waals surface area contributed by atoms with Crippen molar-refractivity contribution in [3.63, 3.8) is 0 Å². The van der Waals surface area contributed by atoms with Crippen LogP contribution in [-0.4, -0.2) is 59.7 Å². The quantitative estimate of drug-likeness (QED) is 0.709. The summed E-state index contributed by atoms with van der Waals surface area (Å²) in [5.41, 5.74) is -4.07. The summed E-state index contributed by atoms with van der Waals surface area (Å²) >= 11 is 0. The molecule has 1 fully saturated rings. The number of methoxy groups -OCH3 is 1. The topological polar surface area (TPSA) is 85.2 Å². The van der Waals surface area contributed by atoms with Crippen molar-refractivity contribution < 1.29 is 42.4 Å². The molecule has 0 unspecified atom stereocenters. The van der Waals surface area contributed by atoms with Gasteiger partial charge in [0.15, 0.2) is 5.79 Å². The Labute approximate surface area is 107 Å². The van der Waals surface area contributed by atoms with Crippen molar-refractivity contribution in [2.75, 3.05) is 13.7 Å². The molecule has 9 heteroatoms. The highest BCUT2D eigenvalue weighted by Gasteiger charge is 2.67. The number of carbonyl (C=O) groups is 1. The molecule has 0 bridgehead atoms. The lowest BCUT2D eigenvalue weighted by Crippen LogP contribution is -2.64. The highest BCUT2D eigenvalue weighted by Crippen LogP contribution is 2.38. The Kier molecular flexibility index (Phi) is 4.16. The van der Waals surface area contributed by atoms with E-state index >= 15 is 0 Å². The lowest BCUT2D eigenvalue weighted by molar-refractivity contribution is -0.298. The third kappa shape index (κ3) is 2.83. The van der Waals surface area contributed by atoms with Gasteiger partial charge in [-0.15, -0.1) is 0 Å². The van der Waals surface area contributed by atoms with E-state index in [1.807, 2.05) is 0 Å². The van der Waals surface area contributed by atoms with E-state index in [1.165, 1.54) is 13.8 Å². The number of aliphatic hydroxyl groups excluding tert-OH is 1. The van der Waals surface area contributed by atoms with Crippen LogP contribution in [0.3, 0.4) is 0 Å². The number of rotatable bonds is 3. The minimum absolute atomic E-state index is 0.399. The molecule has 1 rings (SSSR count). The van der Waals surface area contributed by atoms with E-state index in [9.17, 15) is 28.2 Å². The van der Waals surface area contributed by atoms with E-state index in [0.29, 0.717) is 7.11 Å². The monoisotopic (exact) mass is 288 g/mol. The molecular formula is C10H15F3O6. The van der Waals surface area contributed by atoms with Crippen LogP contribution in [0, 0.1) is 0 Å². The van der Waals surface area contributed by atoms with Gasteiger partial charge in [0.1, 0.15) is 12.2 Å². The SMILES string of the molecule is COC(=O)[C@](O)([C@H](O)[C@H]1COC(C)(C)O1)C(F)(F)F. The number of alkyl halides is 3. The molecule has 1 heterocycles. The maximum Gasteiger partial charge on any atom is 0.430 e. The van der Waals surface area contributed by atoms with E-state index in [4.69, 9.17) is 9.47 Å². The van der Waals surface area contributed by atoms with Gasteiger partial charge in [0.05, 0.1) is 13.7 Å². The maximum absolute atomic E-state index is 12.8. The Bertz CT molecular complexity index is 356. The second-order valence-electron chi connectivity index (χ2n) is 4.57. The predicted octanol–water partition coefficient (Wildman–Crippen LogP) is -0.0348. The predicted molar refractivity (Wildman–Crippen MR) is 53.9 cm³/mol. The van der Waals surface area contributed by atoms with Gasteiger partial charge in [-0.3, -0.25) is 0 Å². The smallest absolute Gasteiger partial charge is 0.430 e. The number of ether oxygens (including phenoxy) is 3. The van der Waals surface area contributed by atoms with Gasteiger partial charge in [0.25, 0.3) is 5.60 Å². The number of carbonyl (C=O) groups excluding carboxylic acids is 1. The molecule has 0 aromatic heterocycles. The molecule has 1 aliphatic heterocycles. The molecule has 0 aromatic carbocycles. The van der Waals surface area contributed by atoms with Gasteiger partial charge in [-0.2, -0.15) is 13.2 Å². The zero-order chi connectivity index (χ0) is 15.1. The number of halogens is 3. The lowest BCUT2D eigenvalue weighted by Gasteiger charge is -2.34. The molecule has 3 atom stereocenters. The van der Waals surface area contributed by atoms with Gasteiger partial charge in [-0.25, -0.2) is 4.79 Å². The standard InChI is InChI=1S/C10H15F3O6/c1-8(2)18-4-5(19-8)6(14)9(16,7(15)17-3)10(11,12)13/h5-6,14,16H,4H2,1-3H3/t5-,6-,9-/m1/s1. The van der Waals surface area contributed by atoms with Crippen LogP contribution in [-0.2, 0) is 19.0 Å². The van der Waals surface area contributed by atoms with Crippen LogP contribution in [0.1, 0.15) is 13.8 Å². The van der Waals surface area contributed by atoms with Gasteiger partial charge >= 0.3 is 12.1 Å². The number of hydrogen-bond acceptors (Lipinski definition) is 6. The van der Waals surface area contributed by atoms with Gasteiger partial charge in [0, 0.05) is 0 Å². The van der Waals surface area contributed by atoms with Crippen LogP contribution in [0.2, 0.25) is 0 Å². The van der Waals surface area contributed by atoms with Crippen molar-refractivity contribution in [3.05, 3.63) is 0 Å². The molecule has 0 aliphatic carbocycles. The molecule has 0 saturated carbocycles. The zero-order valence-electron chi connectivity index (χ0n) is 10.5. The molecule has 0 radical (unpaired) electrons. The van der Waals surface area contributed by atoms with Crippen molar-refractivity contribution in [1.29, 1.82) is 0 Å². The summed E-state index contributed by atoms with van der Waals surface area (Å²) in [5.74, 6) is -3.23. The average molecular weight is 288 g/mol. The molecule has 1 saturated heterocycles. The molecular weight excluding hydrogens is 273 g/mol. The lowest BCUT2D eigenvalue weighted by atomic mass is 9.92. The Morgan fingerprint density at radius 2 is 2.00 bits per heavy atom. The number of aliphatic hydroxyl groups is 2. The third-order valence-corrected chi connectivity index (χ3v) is 2.74. The summed E-state index contributed by atoms with van der Waals surface area (Å²) in [6.07, 6.45) is -9.50. The van der Waals surface area contributed by atoms with Gasteiger partial charge < -0.3 is 24.4 Å². The van der Waals surface area contributed by atoms with E-state index in [-0.39, 0.29) is 0 Å². The van der Waals surface area contributed by atoms with E-state index in [2.05, 4.69) is 4.74 Å². The highest BCUT2D eigenvalue weighted by molar-refractivity contribution is 5.81. The number of hydrogen-bond donors (Lipinski definition) is 2. The maximum atomic E-state index is 12.8. The van der Waals surface area contributed by atoms with Gasteiger partial charge in [-0.05, 0) is 13.8 Å². The van der Waals surface area contributed by atoms with Crippen molar-refractivity contribution in [2.45, 2.75) is 43.6 Å². The molecule has 19 heavy (non-hydrogen) atoms.